The maximum atomic E-state index is 12.4. The molecule has 5 nitrogen and oxygen atoms in total. The molecular weight excluding hydrogens is 223 g/mol. The van der Waals surface area contributed by atoms with Gasteiger partial charge in [-0.15, -0.1) is 0 Å². The van der Waals surface area contributed by atoms with E-state index in [-0.39, 0.29) is 11.6 Å². The monoisotopic (exact) mass is 234 g/mol. The Morgan fingerprint density at radius 1 is 1.44 bits per heavy atom. The average molecular weight is 234 g/mol. The molecule has 0 radical (unpaired) electrons. The number of nitrogens with two attached hydrogens (primary N) is 1. The van der Waals surface area contributed by atoms with Gasteiger partial charge in [-0.1, -0.05) is 0 Å². The summed E-state index contributed by atoms with van der Waals surface area (Å²) in [5.74, 6) is -1.70. The molecule has 0 spiro atoms. The molecule has 0 saturated heterocycles. The molecule has 16 heavy (non-hydrogen) atoms. The Morgan fingerprint density at radius 3 is 2.44 bits per heavy atom. The molecule has 0 saturated carbocycles. The SMILES string of the molecule is CN(C)c1cncc(N)[n+]1C(=N)C(F)(F)F. The average Bonchev–Trinajstić information content (AvgIpc) is 2.14. The second kappa shape index (κ2) is 3.95. The fourth-order valence-electron chi connectivity index (χ4n) is 1.11. The third-order valence-corrected chi connectivity index (χ3v) is 1.83. The van der Waals surface area contributed by atoms with Crippen molar-refractivity contribution in [2.24, 2.45) is 0 Å². The Balaban J connectivity index is 3.37. The zero-order valence-corrected chi connectivity index (χ0v) is 8.71. The third-order valence-electron chi connectivity index (χ3n) is 1.83. The lowest BCUT2D eigenvalue weighted by atomic mass is 10.4. The fourth-order valence-corrected chi connectivity index (χ4v) is 1.11. The summed E-state index contributed by atoms with van der Waals surface area (Å²) >= 11 is 0. The van der Waals surface area contributed by atoms with Crippen molar-refractivity contribution < 1.29 is 17.7 Å². The molecule has 0 bridgehead atoms. The van der Waals surface area contributed by atoms with Crippen molar-refractivity contribution in [1.82, 2.24) is 4.98 Å². The molecule has 1 heterocycles. The van der Waals surface area contributed by atoms with Crippen LogP contribution in [0.3, 0.4) is 0 Å². The summed E-state index contributed by atoms with van der Waals surface area (Å²) in [7, 11) is 3.08. The van der Waals surface area contributed by atoms with E-state index in [2.05, 4.69) is 4.98 Å². The van der Waals surface area contributed by atoms with E-state index in [0.717, 1.165) is 6.20 Å². The summed E-state index contributed by atoms with van der Waals surface area (Å²) in [6.45, 7) is 0. The third kappa shape index (κ3) is 2.20. The Hall–Kier alpha value is -1.86. The van der Waals surface area contributed by atoms with E-state index in [4.69, 9.17) is 11.1 Å². The molecule has 1 aromatic rings. The number of alkyl halides is 3. The van der Waals surface area contributed by atoms with Crippen LogP contribution in [0.25, 0.3) is 0 Å². The summed E-state index contributed by atoms with van der Waals surface area (Å²) < 4.78 is 37.8. The standard InChI is InChI=1S/C8H10F3N5/c1-15(2)6-4-14-3-5(12)16(6)7(13)8(9,10)11/h3-4,12-13H,1-2H3/p+1. The van der Waals surface area contributed by atoms with Gasteiger partial charge in [0, 0.05) is 14.1 Å². The van der Waals surface area contributed by atoms with Crippen molar-refractivity contribution in [2.45, 2.75) is 6.18 Å². The van der Waals surface area contributed by atoms with E-state index in [1.165, 1.54) is 25.2 Å². The van der Waals surface area contributed by atoms with E-state index >= 15 is 0 Å². The highest BCUT2D eigenvalue weighted by Crippen LogP contribution is 2.17. The minimum absolute atomic E-state index is 0.0855. The highest BCUT2D eigenvalue weighted by molar-refractivity contribution is 5.78. The zero-order valence-electron chi connectivity index (χ0n) is 8.71. The van der Waals surface area contributed by atoms with Crippen LogP contribution in [0.4, 0.5) is 24.8 Å². The molecule has 1 rings (SSSR count). The van der Waals surface area contributed by atoms with Gasteiger partial charge in [0.2, 0.25) is 11.6 Å². The number of nitrogens with zero attached hydrogens (tertiary/aromatic N) is 3. The zero-order chi connectivity index (χ0) is 12.5. The number of hydrogen-bond donors (Lipinski definition) is 2. The van der Waals surface area contributed by atoms with Crippen LogP contribution in [0, 0.1) is 5.41 Å². The van der Waals surface area contributed by atoms with E-state index in [9.17, 15) is 13.2 Å². The lowest BCUT2D eigenvalue weighted by Gasteiger charge is -2.16. The highest BCUT2D eigenvalue weighted by Gasteiger charge is 2.42. The molecule has 0 fully saturated rings. The summed E-state index contributed by atoms with van der Waals surface area (Å²) in [4.78, 5) is 5.07. The fraction of sp³-hybridized carbons (Fsp3) is 0.375. The van der Waals surface area contributed by atoms with E-state index in [1.54, 1.807) is 0 Å². The number of nitrogen functional groups attached to an aromatic ring is 1. The molecule has 0 amide bonds. The minimum atomic E-state index is -4.76. The van der Waals surface area contributed by atoms with Crippen LogP contribution in [0.5, 0.6) is 0 Å². The van der Waals surface area contributed by atoms with Gasteiger partial charge in [-0.05, 0) is 0 Å². The minimum Gasteiger partial charge on any atom is -0.333 e. The largest absolute Gasteiger partial charge is 0.473 e. The van der Waals surface area contributed by atoms with Gasteiger partial charge in [-0.3, -0.25) is 4.98 Å². The Morgan fingerprint density at radius 2 is 2.00 bits per heavy atom. The van der Waals surface area contributed by atoms with Crippen LogP contribution in [0.2, 0.25) is 0 Å². The van der Waals surface area contributed by atoms with Crippen molar-refractivity contribution >= 4 is 17.5 Å². The van der Waals surface area contributed by atoms with Gasteiger partial charge in [-0.25, -0.2) is 0 Å². The molecule has 88 valence electrons. The summed E-state index contributed by atoms with van der Waals surface area (Å²) in [6, 6.07) is 0. The Labute approximate surface area is 89.8 Å². The van der Waals surface area contributed by atoms with Gasteiger partial charge in [0.15, 0.2) is 0 Å². The molecule has 3 N–H and O–H groups in total. The first-order valence-electron chi connectivity index (χ1n) is 4.24. The first-order valence-corrected chi connectivity index (χ1v) is 4.24. The Bertz CT molecular complexity index is 413. The van der Waals surface area contributed by atoms with Gasteiger partial charge in [0.1, 0.15) is 0 Å². The maximum absolute atomic E-state index is 12.4. The number of halogens is 3. The smallest absolute Gasteiger partial charge is 0.333 e. The van der Waals surface area contributed by atoms with Crippen molar-refractivity contribution in [3.8, 4) is 0 Å². The molecule has 0 aliphatic rings. The molecule has 8 heteroatoms. The molecule has 0 aromatic carbocycles. The topological polar surface area (TPSA) is 69.9 Å². The van der Waals surface area contributed by atoms with Crippen molar-refractivity contribution in [3.63, 3.8) is 0 Å². The molecule has 0 aliphatic heterocycles. The van der Waals surface area contributed by atoms with Crippen LogP contribution in [-0.2, 0) is 0 Å². The van der Waals surface area contributed by atoms with Crippen molar-refractivity contribution in [2.75, 3.05) is 24.7 Å². The van der Waals surface area contributed by atoms with Gasteiger partial charge in [0.05, 0.1) is 12.4 Å². The number of rotatable bonds is 1. The lowest BCUT2D eigenvalue weighted by molar-refractivity contribution is -0.541. The Kier molecular flexibility index (Phi) is 3.02. The number of hydrogen-bond acceptors (Lipinski definition) is 4. The number of anilines is 2. The van der Waals surface area contributed by atoms with E-state index in [0.29, 0.717) is 4.57 Å². The van der Waals surface area contributed by atoms with Gasteiger partial charge in [0.25, 0.3) is 0 Å². The number of aromatic nitrogens is 2. The van der Waals surface area contributed by atoms with Crippen LogP contribution < -0.4 is 15.2 Å². The van der Waals surface area contributed by atoms with Crippen molar-refractivity contribution in [1.29, 1.82) is 5.41 Å². The summed E-state index contributed by atoms with van der Waals surface area (Å²) in [6.07, 6.45) is -2.49. The van der Waals surface area contributed by atoms with Crippen LogP contribution in [0.15, 0.2) is 12.4 Å². The lowest BCUT2D eigenvalue weighted by Crippen LogP contribution is -2.55. The quantitative estimate of drug-likeness (QED) is 0.420. The van der Waals surface area contributed by atoms with E-state index < -0.39 is 12.0 Å². The van der Waals surface area contributed by atoms with E-state index in [1.807, 2.05) is 0 Å². The molecule has 0 unspecified atom stereocenters. The highest BCUT2D eigenvalue weighted by atomic mass is 19.4. The first-order chi connectivity index (χ1) is 7.25. The first kappa shape index (κ1) is 12.2. The maximum Gasteiger partial charge on any atom is 0.473 e. The van der Waals surface area contributed by atoms with Crippen molar-refractivity contribution in [3.05, 3.63) is 12.4 Å². The van der Waals surface area contributed by atoms with Crippen LogP contribution in [0.1, 0.15) is 0 Å². The second-order valence-electron chi connectivity index (χ2n) is 3.27. The van der Waals surface area contributed by atoms with Crippen LogP contribution in [-0.4, -0.2) is 31.1 Å². The molecule has 1 aromatic heterocycles. The van der Waals surface area contributed by atoms with Crippen LogP contribution >= 0.6 is 0 Å². The normalized spacial score (nSPS) is 11.3. The second-order valence-corrected chi connectivity index (χ2v) is 3.27. The predicted molar refractivity (Wildman–Crippen MR) is 52.4 cm³/mol. The summed E-state index contributed by atoms with van der Waals surface area (Å²) in [5.41, 5.74) is 5.39. The van der Waals surface area contributed by atoms with Gasteiger partial charge < -0.3 is 10.6 Å². The molecule has 0 aliphatic carbocycles. The molecular formula is C8H11F3N5+. The summed E-state index contributed by atoms with van der Waals surface area (Å²) in [5, 5.41) is 7.06. The number of nitrogens with one attached hydrogen (secondary N) is 1. The van der Waals surface area contributed by atoms with Gasteiger partial charge >= 0.3 is 12.0 Å². The molecule has 0 atom stereocenters. The van der Waals surface area contributed by atoms with Gasteiger partial charge in [-0.2, -0.15) is 23.1 Å². The predicted octanol–water partition coefficient (Wildman–Crippen LogP) is 0.405.